The van der Waals surface area contributed by atoms with E-state index in [2.05, 4.69) is 0 Å². The molecular weight excluding hydrogens is 482 g/mol. The van der Waals surface area contributed by atoms with Crippen molar-refractivity contribution in [3.05, 3.63) is 111 Å². The number of hydrogen-bond donors (Lipinski definition) is 2. The Kier molecular flexibility index (Phi) is 5.91. The lowest BCUT2D eigenvalue weighted by Crippen LogP contribution is -2.13. The number of hydrogen-bond acceptors (Lipinski definition) is 6. The predicted octanol–water partition coefficient (Wildman–Crippen LogP) is 5.38. The molecule has 7 nitrogen and oxygen atoms in total. The van der Waals surface area contributed by atoms with Crippen LogP contribution in [0.5, 0.6) is 5.75 Å². The van der Waals surface area contributed by atoms with Gasteiger partial charge in [0.15, 0.2) is 5.43 Å². The topological polar surface area (TPSA) is 120 Å². The lowest BCUT2D eigenvalue weighted by Gasteiger charge is -2.18. The molecule has 3 aromatic carbocycles. The number of halogens is 1. The van der Waals surface area contributed by atoms with Gasteiger partial charge in [0.1, 0.15) is 23.7 Å². The zero-order valence-electron chi connectivity index (χ0n) is 18.7. The van der Waals surface area contributed by atoms with Crippen molar-refractivity contribution >= 4 is 34.4 Å². The highest BCUT2D eigenvalue weighted by molar-refractivity contribution is 6.30. The van der Waals surface area contributed by atoms with Crippen LogP contribution < -0.4 is 11.2 Å². The lowest BCUT2D eigenvalue weighted by molar-refractivity contribution is 0.0473. The smallest absolute Gasteiger partial charge is 0.339 e. The first-order chi connectivity index (χ1) is 17.3. The van der Waals surface area contributed by atoms with Crippen LogP contribution in [0.25, 0.3) is 33.4 Å². The standard InChI is InChI=1S/C28H18ClNO6/c29-17-4-1-15(2-5-17)14-35-28(34)20-8-3-16(27(30)33)11-23(20)26-21-9-6-18(31)12-24(21)36-25-13-19(32)7-10-22(25)26/h1-13,31H,14H2,(H2,30,33). The average Bonchev–Trinajstić information content (AvgIpc) is 2.86. The fraction of sp³-hybridized carbons (Fsp3) is 0.0357. The minimum Gasteiger partial charge on any atom is -0.508 e. The fourth-order valence-corrected chi connectivity index (χ4v) is 4.16. The SMILES string of the molecule is NC(=O)c1ccc(C(=O)OCc2ccc(Cl)cc2)c(-c2c3ccc(=O)cc-3oc3cc(O)ccc23)c1. The number of phenolic OH excluding ortho intramolecular Hbond substituents is 1. The summed E-state index contributed by atoms with van der Waals surface area (Å²) in [7, 11) is 0. The van der Waals surface area contributed by atoms with E-state index >= 15 is 0 Å². The molecule has 178 valence electrons. The van der Waals surface area contributed by atoms with Gasteiger partial charge in [-0.25, -0.2) is 4.79 Å². The quantitative estimate of drug-likeness (QED) is 0.247. The van der Waals surface area contributed by atoms with Crippen LogP contribution in [0.3, 0.4) is 0 Å². The summed E-state index contributed by atoms with van der Waals surface area (Å²) in [5, 5.41) is 11.1. The van der Waals surface area contributed by atoms with Crippen LogP contribution in [-0.2, 0) is 11.3 Å². The van der Waals surface area contributed by atoms with Gasteiger partial charge < -0.3 is 20.0 Å². The highest BCUT2D eigenvalue weighted by atomic mass is 35.5. The second kappa shape index (κ2) is 9.20. The minimum absolute atomic E-state index is 0.00600. The van der Waals surface area contributed by atoms with E-state index in [-0.39, 0.29) is 40.3 Å². The normalized spacial score (nSPS) is 11.0. The Bertz CT molecular complexity index is 1670. The van der Waals surface area contributed by atoms with Gasteiger partial charge in [-0.3, -0.25) is 9.59 Å². The Morgan fingerprint density at radius 1 is 0.917 bits per heavy atom. The Balaban J connectivity index is 1.71. The van der Waals surface area contributed by atoms with Crippen molar-refractivity contribution in [1.82, 2.24) is 0 Å². The summed E-state index contributed by atoms with van der Waals surface area (Å²) in [6.45, 7) is 0.00600. The molecule has 8 heteroatoms. The number of esters is 1. The molecule has 0 fully saturated rings. The molecule has 0 saturated heterocycles. The number of aromatic hydroxyl groups is 1. The van der Waals surface area contributed by atoms with Crippen LogP contribution >= 0.6 is 11.6 Å². The van der Waals surface area contributed by atoms with Gasteiger partial charge in [0.05, 0.1) is 5.56 Å². The molecule has 2 aliphatic rings. The molecule has 3 N–H and O–H groups in total. The van der Waals surface area contributed by atoms with E-state index in [0.717, 1.165) is 5.56 Å². The van der Waals surface area contributed by atoms with Crippen LogP contribution in [0.2, 0.25) is 5.02 Å². The molecule has 1 amide bonds. The second-order valence-corrected chi connectivity index (χ2v) is 8.58. The maximum Gasteiger partial charge on any atom is 0.339 e. The molecule has 36 heavy (non-hydrogen) atoms. The summed E-state index contributed by atoms with van der Waals surface area (Å²) in [5.74, 6) is -1.09. The monoisotopic (exact) mass is 499 g/mol. The largest absolute Gasteiger partial charge is 0.508 e. The van der Waals surface area contributed by atoms with E-state index in [1.54, 1.807) is 36.4 Å². The minimum atomic E-state index is -0.675. The molecule has 1 aliphatic carbocycles. The van der Waals surface area contributed by atoms with E-state index in [0.29, 0.717) is 27.1 Å². The van der Waals surface area contributed by atoms with Crippen LogP contribution in [-0.4, -0.2) is 17.0 Å². The highest BCUT2D eigenvalue weighted by Gasteiger charge is 2.24. The van der Waals surface area contributed by atoms with E-state index in [1.807, 2.05) is 0 Å². The summed E-state index contributed by atoms with van der Waals surface area (Å²) < 4.78 is 11.5. The molecule has 0 aromatic heterocycles. The number of primary amides is 1. The predicted molar refractivity (Wildman–Crippen MR) is 135 cm³/mol. The number of nitrogens with two attached hydrogens (primary N) is 1. The first-order valence-electron chi connectivity index (χ1n) is 10.9. The van der Waals surface area contributed by atoms with Gasteiger partial charge in [0.25, 0.3) is 0 Å². The third-order valence-electron chi connectivity index (χ3n) is 5.75. The Labute approximate surface area is 209 Å². The number of amides is 1. The van der Waals surface area contributed by atoms with Crippen molar-refractivity contribution < 1.29 is 23.8 Å². The van der Waals surface area contributed by atoms with Crippen molar-refractivity contribution in [2.45, 2.75) is 6.61 Å². The number of phenols is 1. The lowest BCUT2D eigenvalue weighted by atomic mass is 9.89. The molecule has 1 aliphatic heterocycles. The Hall–Kier alpha value is -4.62. The molecule has 5 rings (SSSR count). The number of carbonyl (C=O) groups excluding carboxylic acids is 2. The van der Waals surface area contributed by atoms with Crippen molar-refractivity contribution in [3.63, 3.8) is 0 Å². The van der Waals surface area contributed by atoms with Gasteiger partial charge >= 0.3 is 5.97 Å². The molecule has 3 aromatic rings. The van der Waals surface area contributed by atoms with E-state index in [4.69, 9.17) is 26.5 Å². The summed E-state index contributed by atoms with van der Waals surface area (Å²) in [6.07, 6.45) is 0. The second-order valence-electron chi connectivity index (χ2n) is 8.14. The van der Waals surface area contributed by atoms with Crippen LogP contribution in [0.1, 0.15) is 26.3 Å². The third kappa shape index (κ3) is 4.39. The Morgan fingerprint density at radius 3 is 2.44 bits per heavy atom. The number of benzene rings is 4. The number of fused-ring (bicyclic) bond motifs is 2. The van der Waals surface area contributed by atoms with Gasteiger partial charge in [0.2, 0.25) is 5.91 Å². The number of carbonyl (C=O) groups is 2. The first kappa shape index (κ1) is 23.1. The van der Waals surface area contributed by atoms with Crippen molar-refractivity contribution in [1.29, 1.82) is 0 Å². The van der Waals surface area contributed by atoms with E-state index in [1.165, 1.54) is 42.5 Å². The molecule has 0 unspecified atom stereocenters. The zero-order valence-corrected chi connectivity index (χ0v) is 19.4. The zero-order chi connectivity index (χ0) is 25.4. The number of ether oxygens (including phenoxy) is 1. The summed E-state index contributed by atoms with van der Waals surface area (Å²) in [5.41, 5.74) is 8.08. The van der Waals surface area contributed by atoms with Gasteiger partial charge in [0, 0.05) is 39.2 Å². The summed E-state index contributed by atoms with van der Waals surface area (Å²) >= 11 is 5.93. The highest BCUT2D eigenvalue weighted by Crippen LogP contribution is 2.42. The molecule has 0 saturated carbocycles. The molecule has 0 atom stereocenters. The van der Waals surface area contributed by atoms with Gasteiger partial charge in [-0.1, -0.05) is 23.7 Å². The van der Waals surface area contributed by atoms with Gasteiger partial charge in [-0.15, -0.1) is 0 Å². The summed E-state index contributed by atoms with van der Waals surface area (Å²) in [4.78, 5) is 37.3. The van der Waals surface area contributed by atoms with Crippen molar-refractivity contribution in [2.75, 3.05) is 0 Å². The average molecular weight is 500 g/mol. The Morgan fingerprint density at radius 2 is 1.69 bits per heavy atom. The maximum atomic E-state index is 13.3. The van der Waals surface area contributed by atoms with Gasteiger partial charge in [-0.2, -0.15) is 0 Å². The maximum absolute atomic E-state index is 13.3. The molecule has 0 spiro atoms. The molecular formula is C28H18ClNO6. The van der Waals surface area contributed by atoms with E-state index < -0.39 is 11.9 Å². The summed E-state index contributed by atoms with van der Waals surface area (Å²) in [6, 6.07) is 20.1. The van der Waals surface area contributed by atoms with Crippen LogP contribution in [0.4, 0.5) is 0 Å². The van der Waals surface area contributed by atoms with Crippen molar-refractivity contribution in [2.24, 2.45) is 5.73 Å². The van der Waals surface area contributed by atoms with Crippen LogP contribution in [0, 0.1) is 0 Å². The molecule has 0 bridgehead atoms. The van der Waals surface area contributed by atoms with Crippen molar-refractivity contribution in [3.8, 4) is 28.2 Å². The van der Waals surface area contributed by atoms with Crippen LogP contribution in [0.15, 0.2) is 88.1 Å². The van der Waals surface area contributed by atoms with E-state index in [9.17, 15) is 19.5 Å². The molecule has 0 radical (unpaired) electrons. The molecule has 1 heterocycles. The number of rotatable bonds is 5. The fourth-order valence-electron chi connectivity index (χ4n) is 4.04. The first-order valence-corrected chi connectivity index (χ1v) is 11.2. The van der Waals surface area contributed by atoms with Gasteiger partial charge in [-0.05, 0) is 65.7 Å². The third-order valence-corrected chi connectivity index (χ3v) is 6.01.